The number of aryl methyl sites for hydroxylation is 2. The maximum atomic E-state index is 15.1. The van der Waals surface area contributed by atoms with E-state index in [9.17, 15) is 22.0 Å². The van der Waals surface area contributed by atoms with Crippen molar-refractivity contribution in [1.29, 1.82) is 5.26 Å². The summed E-state index contributed by atoms with van der Waals surface area (Å²) in [4.78, 5) is 1.61. The summed E-state index contributed by atoms with van der Waals surface area (Å²) in [5.74, 6) is -5.64. The molecule has 0 atom stereocenters. The lowest BCUT2D eigenvalue weighted by Crippen LogP contribution is -1.93. The molecular weight excluding hydrogens is 665 g/mol. The largest absolute Gasteiger partial charge is 0.206 e. The molecule has 0 aliphatic rings. The van der Waals surface area contributed by atoms with Gasteiger partial charge in [-0.05, 0) is 108 Å². The lowest BCUT2D eigenvalue weighted by molar-refractivity contribution is 0.448. The molecule has 1 heterocycles. The lowest BCUT2D eigenvalue weighted by Gasteiger charge is -2.10. The van der Waals surface area contributed by atoms with E-state index in [1.54, 1.807) is 24.3 Å². The Morgan fingerprint density at radius 3 is 1.52 bits per heavy atom. The van der Waals surface area contributed by atoms with Crippen molar-refractivity contribution in [3.05, 3.63) is 155 Å². The van der Waals surface area contributed by atoms with Crippen LogP contribution in [0.4, 0.5) is 26.3 Å². The van der Waals surface area contributed by atoms with Gasteiger partial charge >= 0.3 is 0 Å². The van der Waals surface area contributed by atoms with E-state index in [-0.39, 0.29) is 16.7 Å². The molecule has 0 aliphatic heterocycles. The summed E-state index contributed by atoms with van der Waals surface area (Å²) in [6.45, 7) is 0. The first-order valence-electron chi connectivity index (χ1n) is 16.3. The molecule has 50 heavy (non-hydrogen) atoms. The number of unbranched alkanes of at least 4 members (excludes halogenated alkanes) is 4. The number of nitriles is 1. The number of hydrogen-bond acceptors (Lipinski definition) is 2. The minimum Gasteiger partial charge on any atom is -0.206 e. The number of nitrogens with zero attached hydrogens (tertiary/aromatic N) is 1. The summed E-state index contributed by atoms with van der Waals surface area (Å²) in [6.07, 6.45) is 6.82. The SMILES string of the molecule is N#Cc1ccc(-c2ccc(-c3ccc(CCCCCCCc4ccc(-c5ccc(-c6cc(F)c(F)c(F)c6)s5)cc4)cc3F)cc2F)cc1F. The molecule has 0 aliphatic carbocycles. The topological polar surface area (TPSA) is 23.8 Å². The summed E-state index contributed by atoms with van der Waals surface area (Å²) in [5, 5.41) is 8.92. The van der Waals surface area contributed by atoms with E-state index in [1.807, 2.05) is 24.3 Å². The second kappa shape index (κ2) is 15.6. The summed E-state index contributed by atoms with van der Waals surface area (Å²) in [6, 6.07) is 28.9. The highest BCUT2D eigenvalue weighted by atomic mass is 32.1. The van der Waals surface area contributed by atoms with E-state index in [2.05, 4.69) is 12.1 Å². The van der Waals surface area contributed by atoms with Gasteiger partial charge in [-0.2, -0.15) is 5.26 Å². The van der Waals surface area contributed by atoms with Gasteiger partial charge in [0.2, 0.25) is 0 Å². The Hall–Kier alpha value is -5.13. The Bertz CT molecular complexity index is 2160. The zero-order chi connectivity index (χ0) is 35.2. The van der Waals surface area contributed by atoms with Gasteiger partial charge in [0.1, 0.15) is 23.5 Å². The van der Waals surface area contributed by atoms with Crippen LogP contribution in [0.1, 0.15) is 48.8 Å². The fraction of sp³-hybridized carbons (Fsp3) is 0.167. The fourth-order valence-corrected chi connectivity index (χ4v) is 7.01. The van der Waals surface area contributed by atoms with E-state index >= 15 is 4.39 Å². The molecule has 1 aromatic heterocycles. The number of benzene rings is 5. The minimum absolute atomic E-state index is 0.118. The summed E-state index contributed by atoms with van der Waals surface area (Å²) in [7, 11) is 0. The van der Waals surface area contributed by atoms with Gasteiger partial charge in [-0.25, -0.2) is 26.3 Å². The fourth-order valence-electron chi connectivity index (χ4n) is 6.01. The van der Waals surface area contributed by atoms with Gasteiger partial charge in [0.15, 0.2) is 17.5 Å². The molecule has 0 bridgehead atoms. The maximum absolute atomic E-state index is 15.1. The maximum Gasteiger partial charge on any atom is 0.194 e. The average molecular weight is 696 g/mol. The first-order chi connectivity index (χ1) is 24.2. The van der Waals surface area contributed by atoms with E-state index in [4.69, 9.17) is 5.26 Å². The average Bonchev–Trinajstić information content (AvgIpc) is 3.61. The second-order valence-electron chi connectivity index (χ2n) is 12.2. The van der Waals surface area contributed by atoms with Crippen molar-refractivity contribution in [3.8, 4) is 49.2 Å². The molecule has 0 unspecified atom stereocenters. The second-order valence-corrected chi connectivity index (χ2v) is 13.3. The molecule has 0 saturated heterocycles. The van der Waals surface area contributed by atoms with Crippen molar-refractivity contribution in [2.45, 2.75) is 44.9 Å². The normalized spacial score (nSPS) is 11.1. The Labute approximate surface area is 291 Å². The van der Waals surface area contributed by atoms with Crippen LogP contribution in [0.2, 0.25) is 0 Å². The number of hydrogen-bond donors (Lipinski definition) is 0. The highest BCUT2D eigenvalue weighted by Crippen LogP contribution is 2.36. The molecule has 252 valence electrons. The standard InChI is InChI=1S/C42H31F6NS/c43-35-21-29(13-14-31(35)25-49)34-17-15-30(22-37(34)45)33-16-10-27(20-36(33)44)7-5-3-1-2-4-6-26-8-11-28(12-9-26)40-18-19-41(50-40)32-23-38(46)42(48)39(47)24-32/h8-24H,1-7H2. The van der Waals surface area contributed by atoms with Gasteiger partial charge in [-0.1, -0.05) is 73.9 Å². The van der Waals surface area contributed by atoms with Crippen LogP contribution in [-0.2, 0) is 12.8 Å². The Morgan fingerprint density at radius 2 is 0.920 bits per heavy atom. The zero-order valence-electron chi connectivity index (χ0n) is 26.9. The molecule has 0 amide bonds. The molecular formula is C42H31F6NS. The van der Waals surface area contributed by atoms with Gasteiger partial charge in [-0.3, -0.25) is 0 Å². The van der Waals surface area contributed by atoms with Crippen LogP contribution < -0.4 is 0 Å². The lowest BCUT2D eigenvalue weighted by atomic mass is 9.97. The predicted octanol–water partition coefficient (Wildman–Crippen LogP) is 12.9. The molecule has 0 spiro atoms. The smallest absolute Gasteiger partial charge is 0.194 e. The van der Waals surface area contributed by atoms with Crippen LogP contribution in [0.3, 0.4) is 0 Å². The third kappa shape index (κ3) is 8.01. The first-order valence-corrected chi connectivity index (χ1v) is 17.1. The van der Waals surface area contributed by atoms with Crippen LogP contribution in [0.5, 0.6) is 0 Å². The summed E-state index contributed by atoms with van der Waals surface area (Å²) < 4.78 is 84.7. The first kappa shape index (κ1) is 34.7. The van der Waals surface area contributed by atoms with Crippen molar-refractivity contribution in [2.24, 2.45) is 0 Å². The van der Waals surface area contributed by atoms with Crippen LogP contribution >= 0.6 is 11.3 Å². The van der Waals surface area contributed by atoms with Crippen molar-refractivity contribution in [1.82, 2.24) is 0 Å². The van der Waals surface area contributed by atoms with Crippen molar-refractivity contribution in [3.63, 3.8) is 0 Å². The van der Waals surface area contributed by atoms with E-state index < -0.39 is 34.9 Å². The Morgan fingerprint density at radius 1 is 0.440 bits per heavy atom. The van der Waals surface area contributed by atoms with Crippen LogP contribution in [-0.4, -0.2) is 0 Å². The third-order valence-corrected chi connectivity index (χ3v) is 9.94. The Balaban J connectivity index is 0.936. The van der Waals surface area contributed by atoms with Crippen molar-refractivity contribution < 1.29 is 26.3 Å². The molecule has 6 rings (SSSR count). The van der Waals surface area contributed by atoms with E-state index in [1.165, 1.54) is 47.2 Å². The molecule has 8 heteroatoms. The van der Waals surface area contributed by atoms with Gasteiger partial charge in [-0.15, -0.1) is 11.3 Å². The van der Waals surface area contributed by atoms with Gasteiger partial charge < -0.3 is 0 Å². The molecule has 1 nitrogen and oxygen atoms in total. The molecule has 5 aromatic carbocycles. The van der Waals surface area contributed by atoms with Gasteiger partial charge in [0.25, 0.3) is 0 Å². The van der Waals surface area contributed by atoms with E-state index in [0.717, 1.165) is 79.1 Å². The van der Waals surface area contributed by atoms with Gasteiger partial charge in [0, 0.05) is 20.9 Å². The van der Waals surface area contributed by atoms with E-state index in [0.29, 0.717) is 21.6 Å². The summed E-state index contributed by atoms with van der Waals surface area (Å²) in [5.41, 5.74) is 4.43. The van der Waals surface area contributed by atoms with Crippen molar-refractivity contribution in [2.75, 3.05) is 0 Å². The highest BCUT2D eigenvalue weighted by molar-refractivity contribution is 7.18. The third-order valence-electron chi connectivity index (χ3n) is 8.76. The predicted molar refractivity (Wildman–Crippen MR) is 187 cm³/mol. The van der Waals surface area contributed by atoms with Crippen LogP contribution in [0, 0.1) is 46.2 Å². The molecule has 6 aromatic rings. The number of halogens is 6. The van der Waals surface area contributed by atoms with Crippen LogP contribution in [0.25, 0.3) is 43.1 Å². The van der Waals surface area contributed by atoms with Gasteiger partial charge in [0.05, 0.1) is 5.56 Å². The summed E-state index contributed by atoms with van der Waals surface area (Å²) >= 11 is 1.39. The Kier molecular flexibility index (Phi) is 10.8. The number of rotatable bonds is 12. The van der Waals surface area contributed by atoms with Crippen LogP contribution in [0.15, 0.2) is 103 Å². The monoisotopic (exact) mass is 695 g/mol. The zero-order valence-corrected chi connectivity index (χ0v) is 27.7. The van der Waals surface area contributed by atoms with Crippen molar-refractivity contribution >= 4 is 11.3 Å². The molecule has 0 radical (unpaired) electrons. The molecule has 0 saturated carbocycles. The molecule has 0 N–H and O–H groups in total. The quantitative estimate of drug-likeness (QED) is 0.0710. The molecule has 0 fully saturated rings. The minimum atomic E-state index is -1.47. The highest BCUT2D eigenvalue weighted by Gasteiger charge is 2.15. The number of thiophene rings is 1.